The Labute approximate surface area is 119 Å². The van der Waals surface area contributed by atoms with Crippen LogP contribution in [0, 0.1) is 11.8 Å². The molecule has 3 unspecified atom stereocenters. The maximum absolute atomic E-state index is 13.1. The zero-order chi connectivity index (χ0) is 14.8. The topological polar surface area (TPSA) is 29.3 Å². The molecule has 2 rings (SSSR count). The summed E-state index contributed by atoms with van der Waals surface area (Å²) in [7, 11) is 0. The minimum absolute atomic E-state index is 0.196. The van der Waals surface area contributed by atoms with Crippen LogP contribution in [0.2, 0.25) is 0 Å². The summed E-state index contributed by atoms with van der Waals surface area (Å²) < 4.78 is 39.2. The summed E-state index contributed by atoms with van der Waals surface area (Å²) in [5, 5.41) is 0. The lowest BCUT2D eigenvalue weighted by atomic mass is 9.74. The second kappa shape index (κ2) is 6.22. The summed E-state index contributed by atoms with van der Waals surface area (Å²) >= 11 is 0. The van der Waals surface area contributed by atoms with E-state index >= 15 is 0 Å². The van der Waals surface area contributed by atoms with E-state index in [2.05, 4.69) is 11.8 Å². The van der Waals surface area contributed by atoms with Crippen LogP contribution in [0.5, 0.6) is 0 Å². The minimum atomic E-state index is -4.07. The van der Waals surface area contributed by atoms with Gasteiger partial charge >= 0.3 is 6.18 Å². The Morgan fingerprint density at radius 1 is 1.15 bits per heavy atom. The molecule has 0 spiro atoms. The van der Waals surface area contributed by atoms with Crippen LogP contribution < -0.4 is 5.73 Å². The lowest BCUT2D eigenvalue weighted by Gasteiger charge is -2.48. The summed E-state index contributed by atoms with van der Waals surface area (Å²) in [5.41, 5.74) is 5.54. The van der Waals surface area contributed by atoms with E-state index in [1.807, 2.05) is 0 Å². The predicted octanol–water partition coefficient (Wildman–Crippen LogP) is 3.56. The number of likely N-dealkylation sites (tertiary alicyclic amines) is 1. The Bertz CT molecular complexity index is 319. The van der Waals surface area contributed by atoms with Crippen LogP contribution in [0.3, 0.4) is 0 Å². The number of hydrogen-bond donors (Lipinski definition) is 1. The van der Waals surface area contributed by atoms with Crippen molar-refractivity contribution in [3.63, 3.8) is 0 Å². The number of nitrogens with zero attached hydrogens (tertiary/aromatic N) is 1. The van der Waals surface area contributed by atoms with Crippen molar-refractivity contribution < 1.29 is 13.2 Å². The molecule has 0 bridgehead atoms. The van der Waals surface area contributed by atoms with Gasteiger partial charge in [0.05, 0.1) is 5.92 Å². The maximum atomic E-state index is 13.1. The average Bonchev–Trinajstić information content (AvgIpc) is 2.63. The molecule has 0 amide bonds. The van der Waals surface area contributed by atoms with Gasteiger partial charge in [-0.25, -0.2) is 0 Å². The molecule has 5 heteroatoms. The molecular formula is C15H27F3N2. The third kappa shape index (κ3) is 3.48. The van der Waals surface area contributed by atoms with E-state index in [1.165, 1.54) is 6.42 Å². The molecule has 20 heavy (non-hydrogen) atoms. The molecule has 0 aromatic carbocycles. The van der Waals surface area contributed by atoms with Crippen LogP contribution in [0.1, 0.15) is 51.9 Å². The van der Waals surface area contributed by atoms with E-state index in [0.717, 1.165) is 32.4 Å². The van der Waals surface area contributed by atoms with Gasteiger partial charge in [-0.05, 0) is 57.5 Å². The van der Waals surface area contributed by atoms with E-state index < -0.39 is 17.6 Å². The van der Waals surface area contributed by atoms with Crippen LogP contribution in [-0.2, 0) is 0 Å². The molecule has 118 valence electrons. The number of halogens is 3. The molecule has 2 nitrogen and oxygen atoms in total. The monoisotopic (exact) mass is 292 g/mol. The fraction of sp³-hybridized carbons (Fsp3) is 1.00. The first-order valence-corrected chi connectivity index (χ1v) is 7.89. The number of nitrogens with two attached hydrogens (primary N) is 1. The van der Waals surface area contributed by atoms with Crippen LogP contribution in [0.25, 0.3) is 0 Å². The molecule has 0 aromatic rings. The van der Waals surface area contributed by atoms with Crippen molar-refractivity contribution in [3.05, 3.63) is 0 Å². The zero-order valence-electron chi connectivity index (χ0n) is 12.4. The van der Waals surface area contributed by atoms with Gasteiger partial charge in [0.15, 0.2) is 0 Å². The fourth-order valence-corrected chi connectivity index (χ4v) is 3.96. The molecule has 2 aliphatic rings. The standard InChI is InChI=1S/C15H27F3N2/c1-12-4-3-8-20(9-6-12)14(11-19)7-2-5-13(10-14)15(16,17)18/h12-13H,2-11,19H2,1H3. The summed E-state index contributed by atoms with van der Waals surface area (Å²) in [4.78, 5) is 2.29. The quantitative estimate of drug-likeness (QED) is 0.843. The van der Waals surface area contributed by atoms with Crippen molar-refractivity contribution in [2.24, 2.45) is 17.6 Å². The first kappa shape index (κ1) is 16.1. The molecule has 1 saturated heterocycles. The Kier molecular flexibility index (Phi) is 5.00. The number of alkyl halides is 3. The average molecular weight is 292 g/mol. The van der Waals surface area contributed by atoms with E-state index in [1.54, 1.807) is 0 Å². The van der Waals surface area contributed by atoms with E-state index in [-0.39, 0.29) is 12.8 Å². The highest BCUT2D eigenvalue weighted by molar-refractivity contribution is 4.98. The SMILES string of the molecule is CC1CCCN(C2(CN)CCCC(C(F)(F)F)C2)CC1. The molecule has 3 atom stereocenters. The molecular weight excluding hydrogens is 265 g/mol. The molecule has 1 aliphatic carbocycles. The van der Waals surface area contributed by atoms with E-state index in [0.29, 0.717) is 18.9 Å². The highest BCUT2D eigenvalue weighted by Crippen LogP contribution is 2.44. The second-order valence-electron chi connectivity index (χ2n) is 6.79. The smallest absolute Gasteiger partial charge is 0.329 e. The van der Waals surface area contributed by atoms with Crippen LogP contribution in [-0.4, -0.2) is 36.2 Å². The summed E-state index contributed by atoms with van der Waals surface area (Å²) in [5.74, 6) is -0.489. The van der Waals surface area contributed by atoms with Crippen molar-refractivity contribution in [2.75, 3.05) is 19.6 Å². The van der Waals surface area contributed by atoms with Gasteiger partial charge < -0.3 is 5.73 Å². The van der Waals surface area contributed by atoms with Gasteiger partial charge in [0.1, 0.15) is 0 Å². The van der Waals surface area contributed by atoms with Gasteiger partial charge in [-0.2, -0.15) is 13.2 Å². The minimum Gasteiger partial charge on any atom is -0.329 e. The summed E-state index contributed by atoms with van der Waals surface area (Å²) in [6.07, 6.45) is 1.21. The molecule has 1 aliphatic heterocycles. The Balaban J connectivity index is 2.11. The number of hydrogen-bond acceptors (Lipinski definition) is 2. The number of rotatable bonds is 2. The fourth-order valence-electron chi connectivity index (χ4n) is 3.96. The third-order valence-corrected chi connectivity index (χ3v) is 5.35. The van der Waals surface area contributed by atoms with Gasteiger partial charge in [0.2, 0.25) is 0 Å². The predicted molar refractivity (Wildman–Crippen MR) is 74.4 cm³/mol. The highest BCUT2D eigenvalue weighted by Gasteiger charge is 2.49. The second-order valence-corrected chi connectivity index (χ2v) is 6.79. The summed E-state index contributed by atoms with van der Waals surface area (Å²) in [6.45, 7) is 4.40. The van der Waals surface area contributed by atoms with Gasteiger partial charge in [-0.1, -0.05) is 13.3 Å². The van der Waals surface area contributed by atoms with Crippen molar-refractivity contribution >= 4 is 0 Å². The lowest BCUT2D eigenvalue weighted by molar-refractivity contribution is -0.193. The van der Waals surface area contributed by atoms with Gasteiger partial charge in [-0.3, -0.25) is 4.90 Å². The molecule has 2 fully saturated rings. The third-order valence-electron chi connectivity index (χ3n) is 5.35. The Morgan fingerprint density at radius 3 is 2.55 bits per heavy atom. The van der Waals surface area contributed by atoms with Crippen molar-refractivity contribution in [1.82, 2.24) is 4.90 Å². The van der Waals surface area contributed by atoms with Crippen LogP contribution >= 0.6 is 0 Å². The Hall–Kier alpha value is -0.290. The molecule has 1 heterocycles. The molecule has 0 aromatic heterocycles. The first-order valence-electron chi connectivity index (χ1n) is 7.89. The van der Waals surface area contributed by atoms with Gasteiger partial charge in [0.25, 0.3) is 0 Å². The molecule has 1 saturated carbocycles. The van der Waals surface area contributed by atoms with Crippen molar-refractivity contribution in [3.8, 4) is 0 Å². The zero-order valence-corrected chi connectivity index (χ0v) is 12.4. The maximum Gasteiger partial charge on any atom is 0.391 e. The lowest BCUT2D eigenvalue weighted by Crippen LogP contribution is -2.57. The van der Waals surface area contributed by atoms with Gasteiger partial charge in [-0.15, -0.1) is 0 Å². The normalized spacial score (nSPS) is 37.6. The largest absolute Gasteiger partial charge is 0.391 e. The van der Waals surface area contributed by atoms with Crippen molar-refractivity contribution in [1.29, 1.82) is 0 Å². The van der Waals surface area contributed by atoms with Crippen molar-refractivity contribution in [2.45, 2.75) is 63.6 Å². The van der Waals surface area contributed by atoms with Crippen LogP contribution in [0.4, 0.5) is 13.2 Å². The molecule has 2 N–H and O–H groups in total. The van der Waals surface area contributed by atoms with Gasteiger partial charge in [0, 0.05) is 12.1 Å². The molecule has 0 radical (unpaired) electrons. The van der Waals surface area contributed by atoms with Crippen LogP contribution in [0.15, 0.2) is 0 Å². The van der Waals surface area contributed by atoms with E-state index in [4.69, 9.17) is 5.73 Å². The first-order chi connectivity index (χ1) is 9.37. The highest BCUT2D eigenvalue weighted by atomic mass is 19.4. The summed E-state index contributed by atoms with van der Waals surface area (Å²) in [6, 6.07) is 0. The Morgan fingerprint density at radius 2 is 1.90 bits per heavy atom. The van der Waals surface area contributed by atoms with E-state index in [9.17, 15) is 13.2 Å².